The molecule has 0 atom stereocenters. The number of aromatic nitrogens is 1. The second-order valence-electron chi connectivity index (χ2n) is 4.42. The second kappa shape index (κ2) is 4.95. The molecule has 19 heavy (non-hydrogen) atoms. The molecule has 0 aliphatic carbocycles. The fourth-order valence-corrected chi connectivity index (χ4v) is 2.81. The molecule has 0 aliphatic rings. The van der Waals surface area contributed by atoms with Crippen LogP contribution in [0.5, 0.6) is 0 Å². The van der Waals surface area contributed by atoms with Gasteiger partial charge < -0.3 is 0 Å². The zero-order chi connectivity index (χ0) is 13.4. The molecule has 0 N–H and O–H groups in total. The summed E-state index contributed by atoms with van der Waals surface area (Å²) in [6, 6.07) is 16.1. The van der Waals surface area contributed by atoms with Crippen LogP contribution in [0.25, 0.3) is 22.2 Å². The quantitative estimate of drug-likeness (QED) is 0.563. The Kier molecular flexibility index (Phi) is 3.29. The molecule has 0 saturated carbocycles. The number of benzene rings is 2. The fourth-order valence-electron chi connectivity index (χ4n) is 2.12. The van der Waals surface area contributed by atoms with E-state index >= 15 is 0 Å². The Bertz CT molecular complexity index is 754. The lowest BCUT2D eigenvalue weighted by Gasteiger charge is -2.09. The summed E-state index contributed by atoms with van der Waals surface area (Å²) in [6.07, 6.45) is 0. The molecule has 0 aliphatic heterocycles. The van der Waals surface area contributed by atoms with Crippen molar-refractivity contribution in [2.45, 2.75) is 6.92 Å². The van der Waals surface area contributed by atoms with Crippen LogP contribution < -0.4 is 0 Å². The number of rotatable bonds is 1. The second-order valence-corrected chi connectivity index (χ2v) is 5.69. The minimum Gasteiger partial charge on any atom is -0.247 e. The molecule has 0 fully saturated rings. The van der Waals surface area contributed by atoms with E-state index in [-0.39, 0.29) is 0 Å². The van der Waals surface area contributed by atoms with Crippen LogP contribution in [0.15, 0.2) is 53.0 Å². The molecule has 94 valence electrons. The summed E-state index contributed by atoms with van der Waals surface area (Å²) in [5.41, 5.74) is 4.01. The van der Waals surface area contributed by atoms with Crippen molar-refractivity contribution in [3.8, 4) is 11.3 Å². The van der Waals surface area contributed by atoms with Crippen molar-refractivity contribution in [2.75, 3.05) is 0 Å². The fraction of sp³-hybridized carbons (Fsp3) is 0.0625. The van der Waals surface area contributed by atoms with Crippen LogP contribution >= 0.6 is 27.5 Å². The minimum absolute atomic E-state index is 0.747. The molecular formula is C16H11BrClN. The predicted octanol–water partition coefficient (Wildman–Crippen LogP) is 5.63. The molecule has 1 nitrogen and oxygen atoms in total. The van der Waals surface area contributed by atoms with Crippen LogP contribution in [0.4, 0.5) is 0 Å². The lowest BCUT2D eigenvalue weighted by atomic mass is 10.1. The third-order valence-corrected chi connectivity index (χ3v) is 4.25. The molecule has 3 heteroatoms. The molecule has 0 bridgehead atoms. The summed E-state index contributed by atoms with van der Waals surface area (Å²) < 4.78 is 1.04. The standard InChI is InChI=1S/C16H11BrClN/c1-10-14(18)8-7-12-13(17)9-15(19-16(10)12)11-5-3-2-4-6-11/h2-9H,1H3. The van der Waals surface area contributed by atoms with Crippen molar-refractivity contribution >= 4 is 38.4 Å². The van der Waals surface area contributed by atoms with Gasteiger partial charge in [0.2, 0.25) is 0 Å². The highest BCUT2D eigenvalue weighted by Crippen LogP contribution is 2.32. The van der Waals surface area contributed by atoms with Gasteiger partial charge in [-0.25, -0.2) is 4.98 Å². The molecule has 0 unspecified atom stereocenters. The maximum atomic E-state index is 6.18. The number of hydrogen-bond acceptors (Lipinski definition) is 1. The smallest absolute Gasteiger partial charge is 0.0764 e. The van der Waals surface area contributed by atoms with Crippen molar-refractivity contribution in [2.24, 2.45) is 0 Å². The monoisotopic (exact) mass is 331 g/mol. The first kappa shape index (κ1) is 12.6. The molecule has 3 rings (SSSR count). The first-order chi connectivity index (χ1) is 9.16. The average Bonchev–Trinajstić information content (AvgIpc) is 2.44. The minimum atomic E-state index is 0.747. The van der Waals surface area contributed by atoms with E-state index in [1.165, 1.54) is 0 Å². The number of aryl methyl sites for hydroxylation is 1. The maximum Gasteiger partial charge on any atom is 0.0764 e. The predicted molar refractivity (Wildman–Crippen MR) is 84.6 cm³/mol. The van der Waals surface area contributed by atoms with Crippen LogP contribution in [0.2, 0.25) is 5.02 Å². The highest BCUT2D eigenvalue weighted by molar-refractivity contribution is 9.10. The molecule has 3 aromatic rings. The Morgan fingerprint density at radius 3 is 2.53 bits per heavy atom. The number of hydrogen-bond donors (Lipinski definition) is 0. The number of pyridine rings is 1. The summed E-state index contributed by atoms with van der Waals surface area (Å²) in [4.78, 5) is 4.75. The van der Waals surface area contributed by atoms with Gasteiger partial charge in [0.15, 0.2) is 0 Å². The molecular weight excluding hydrogens is 322 g/mol. The van der Waals surface area contributed by atoms with E-state index in [0.717, 1.165) is 37.2 Å². The van der Waals surface area contributed by atoms with Gasteiger partial charge in [-0.3, -0.25) is 0 Å². The van der Waals surface area contributed by atoms with E-state index in [4.69, 9.17) is 16.6 Å². The van der Waals surface area contributed by atoms with E-state index in [0.29, 0.717) is 0 Å². The van der Waals surface area contributed by atoms with Crippen molar-refractivity contribution in [3.63, 3.8) is 0 Å². The molecule has 0 saturated heterocycles. The zero-order valence-corrected chi connectivity index (χ0v) is 12.7. The van der Waals surface area contributed by atoms with Crippen molar-refractivity contribution < 1.29 is 0 Å². The first-order valence-electron chi connectivity index (χ1n) is 5.97. The summed E-state index contributed by atoms with van der Waals surface area (Å²) in [7, 11) is 0. The van der Waals surface area contributed by atoms with Crippen LogP contribution in [0.3, 0.4) is 0 Å². The van der Waals surface area contributed by atoms with Gasteiger partial charge in [0.1, 0.15) is 0 Å². The first-order valence-corrected chi connectivity index (χ1v) is 7.14. The molecule has 0 spiro atoms. The Labute approximate surface area is 125 Å². The lowest BCUT2D eigenvalue weighted by Crippen LogP contribution is -1.90. The van der Waals surface area contributed by atoms with Crippen molar-refractivity contribution in [1.29, 1.82) is 0 Å². The van der Waals surface area contributed by atoms with Gasteiger partial charge in [-0.05, 0) is 24.6 Å². The summed E-state index contributed by atoms with van der Waals surface area (Å²) >= 11 is 9.80. The van der Waals surface area contributed by atoms with Gasteiger partial charge in [-0.15, -0.1) is 0 Å². The van der Waals surface area contributed by atoms with Gasteiger partial charge in [-0.1, -0.05) is 63.9 Å². The third kappa shape index (κ3) is 2.26. The maximum absolute atomic E-state index is 6.18. The third-order valence-electron chi connectivity index (χ3n) is 3.19. The van der Waals surface area contributed by atoms with Gasteiger partial charge in [0.25, 0.3) is 0 Å². The molecule has 0 radical (unpaired) electrons. The number of nitrogens with zero attached hydrogens (tertiary/aromatic N) is 1. The van der Waals surface area contributed by atoms with E-state index in [1.54, 1.807) is 0 Å². The van der Waals surface area contributed by atoms with Crippen LogP contribution in [-0.4, -0.2) is 4.98 Å². The number of fused-ring (bicyclic) bond motifs is 1. The van der Waals surface area contributed by atoms with Gasteiger partial charge >= 0.3 is 0 Å². The summed E-state index contributed by atoms with van der Waals surface area (Å²) in [6.45, 7) is 2.00. The molecule has 1 aromatic heterocycles. The van der Waals surface area contributed by atoms with E-state index < -0.39 is 0 Å². The topological polar surface area (TPSA) is 12.9 Å². The molecule has 2 aromatic carbocycles. The van der Waals surface area contributed by atoms with E-state index in [2.05, 4.69) is 28.1 Å². The van der Waals surface area contributed by atoms with Gasteiger partial charge in [0.05, 0.1) is 11.2 Å². The Morgan fingerprint density at radius 1 is 1.05 bits per heavy atom. The highest BCUT2D eigenvalue weighted by Gasteiger charge is 2.09. The largest absolute Gasteiger partial charge is 0.247 e. The number of halogens is 2. The Morgan fingerprint density at radius 2 is 1.79 bits per heavy atom. The van der Waals surface area contributed by atoms with Crippen LogP contribution in [0.1, 0.15) is 5.56 Å². The Hall–Kier alpha value is -1.38. The van der Waals surface area contributed by atoms with Crippen molar-refractivity contribution in [1.82, 2.24) is 4.98 Å². The van der Waals surface area contributed by atoms with Crippen LogP contribution in [0, 0.1) is 6.92 Å². The molecule has 1 heterocycles. The summed E-state index contributed by atoms with van der Waals surface area (Å²) in [5, 5.41) is 1.83. The van der Waals surface area contributed by atoms with Crippen molar-refractivity contribution in [3.05, 3.63) is 63.6 Å². The molecule has 0 amide bonds. The van der Waals surface area contributed by atoms with Gasteiger partial charge in [0, 0.05) is 20.4 Å². The Balaban J connectivity index is 2.32. The van der Waals surface area contributed by atoms with E-state index in [9.17, 15) is 0 Å². The summed E-state index contributed by atoms with van der Waals surface area (Å²) in [5.74, 6) is 0. The van der Waals surface area contributed by atoms with E-state index in [1.807, 2.05) is 43.3 Å². The lowest BCUT2D eigenvalue weighted by molar-refractivity contribution is 1.35. The zero-order valence-electron chi connectivity index (χ0n) is 10.3. The van der Waals surface area contributed by atoms with Gasteiger partial charge in [-0.2, -0.15) is 0 Å². The normalized spacial score (nSPS) is 10.9. The SMILES string of the molecule is Cc1c(Cl)ccc2c(Br)cc(-c3ccccc3)nc12. The highest BCUT2D eigenvalue weighted by atomic mass is 79.9. The average molecular weight is 333 g/mol. The van der Waals surface area contributed by atoms with Crippen LogP contribution in [-0.2, 0) is 0 Å².